The summed E-state index contributed by atoms with van der Waals surface area (Å²) < 4.78 is 35.9. The molecule has 0 aliphatic carbocycles. The van der Waals surface area contributed by atoms with Crippen molar-refractivity contribution in [3.05, 3.63) is 27.9 Å². The third-order valence-corrected chi connectivity index (χ3v) is 1.34. The van der Waals surface area contributed by atoms with Crippen molar-refractivity contribution < 1.29 is 23.2 Å². The van der Waals surface area contributed by atoms with E-state index in [0.29, 0.717) is 12.1 Å². The molecular weight excluding hydrogens is 205 g/mol. The second kappa shape index (κ2) is 3.13. The third kappa shape index (κ3) is 1.90. The molecule has 0 amide bonds. The number of rotatable bonds is 1. The van der Waals surface area contributed by atoms with E-state index in [9.17, 15) is 23.3 Å². The Hall–Kier alpha value is -1.86. The van der Waals surface area contributed by atoms with Crippen LogP contribution in [-0.2, 0) is 6.18 Å². The lowest BCUT2D eigenvalue weighted by Crippen LogP contribution is -2.08. The van der Waals surface area contributed by atoms with E-state index in [0.717, 1.165) is 0 Å². The van der Waals surface area contributed by atoms with Gasteiger partial charge in [0.2, 0.25) is 0 Å². The molecule has 0 fully saturated rings. The van der Waals surface area contributed by atoms with Crippen LogP contribution in [0.5, 0.6) is 5.88 Å². The van der Waals surface area contributed by atoms with E-state index in [1.165, 1.54) is 0 Å². The summed E-state index contributed by atoms with van der Waals surface area (Å²) in [5.41, 5.74) is -2.24. The molecule has 1 aromatic heterocycles. The minimum absolute atomic E-state index is 0.428. The number of nitro groups is 1. The van der Waals surface area contributed by atoms with Crippen molar-refractivity contribution >= 4 is 5.69 Å². The van der Waals surface area contributed by atoms with Gasteiger partial charge in [0, 0.05) is 6.07 Å². The first-order valence-corrected chi connectivity index (χ1v) is 3.24. The van der Waals surface area contributed by atoms with Gasteiger partial charge in [-0.05, 0) is 6.07 Å². The quantitative estimate of drug-likeness (QED) is 0.563. The fourth-order valence-corrected chi connectivity index (χ4v) is 0.741. The van der Waals surface area contributed by atoms with Crippen LogP contribution in [-0.4, -0.2) is 15.0 Å². The Morgan fingerprint density at radius 2 is 2.00 bits per heavy atom. The van der Waals surface area contributed by atoms with Crippen molar-refractivity contribution in [2.75, 3.05) is 0 Å². The lowest BCUT2D eigenvalue weighted by atomic mass is 10.3. The van der Waals surface area contributed by atoms with Gasteiger partial charge in [-0.2, -0.15) is 13.2 Å². The molecule has 14 heavy (non-hydrogen) atoms. The number of aromatic nitrogens is 1. The predicted octanol–water partition coefficient (Wildman–Crippen LogP) is 1.71. The zero-order valence-electron chi connectivity index (χ0n) is 6.45. The lowest BCUT2D eigenvalue weighted by Gasteiger charge is -2.04. The van der Waals surface area contributed by atoms with Gasteiger partial charge in [0.1, 0.15) is 5.69 Å². The normalized spacial score (nSPS) is 11.4. The maximum atomic E-state index is 12.0. The molecule has 0 radical (unpaired) electrons. The van der Waals surface area contributed by atoms with Crippen LogP contribution in [0.4, 0.5) is 18.9 Å². The van der Waals surface area contributed by atoms with E-state index in [1.807, 2.05) is 0 Å². The van der Waals surface area contributed by atoms with Gasteiger partial charge in [-0.1, -0.05) is 0 Å². The highest BCUT2D eigenvalue weighted by molar-refractivity contribution is 5.40. The molecule has 1 heterocycles. The van der Waals surface area contributed by atoms with E-state index in [4.69, 9.17) is 5.11 Å². The number of nitrogens with zero attached hydrogens (tertiary/aromatic N) is 2. The Bertz CT molecular complexity index is 377. The van der Waals surface area contributed by atoms with E-state index in [2.05, 4.69) is 4.98 Å². The average molecular weight is 208 g/mol. The second-order valence-electron chi connectivity index (χ2n) is 2.29. The summed E-state index contributed by atoms with van der Waals surface area (Å²) >= 11 is 0. The zero-order chi connectivity index (χ0) is 10.9. The first kappa shape index (κ1) is 10.2. The molecule has 0 unspecified atom stereocenters. The molecule has 1 aromatic rings. The van der Waals surface area contributed by atoms with Crippen LogP contribution < -0.4 is 0 Å². The maximum Gasteiger partial charge on any atom is 0.433 e. The Morgan fingerprint density at radius 3 is 2.36 bits per heavy atom. The molecule has 5 nitrogen and oxygen atoms in total. The molecule has 0 aliphatic rings. The minimum Gasteiger partial charge on any atom is -0.488 e. The van der Waals surface area contributed by atoms with Gasteiger partial charge in [-0.15, -0.1) is 0 Å². The summed E-state index contributed by atoms with van der Waals surface area (Å²) in [4.78, 5) is 11.7. The highest BCUT2D eigenvalue weighted by Gasteiger charge is 2.34. The molecule has 0 spiro atoms. The number of aromatic hydroxyl groups is 1. The maximum absolute atomic E-state index is 12.0. The topological polar surface area (TPSA) is 76.3 Å². The molecular formula is C6H3F3N2O3. The van der Waals surface area contributed by atoms with Crippen LogP contribution in [0.1, 0.15) is 5.69 Å². The van der Waals surface area contributed by atoms with Crippen LogP contribution in [0, 0.1) is 10.1 Å². The standard InChI is InChI=1S/C6H3F3N2O3/c7-6(8,9)4-2-1-3(11(13)14)5(12)10-4/h1-2H,(H,10,12). The number of hydrogen-bond acceptors (Lipinski definition) is 4. The third-order valence-electron chi connectivity index (χ3n) is 1.34. The Labute approximate surface area is 75.0 Å². The lowest BCUT2D eigenvalue weighted by molar-refractivity contribution is -0.386. The monoisotopic (exact) mass is 208 g/mol. The largest absolute Gasteiger partial charge is 0.488 e. The first-order chi connectivity index (χ1) is 6.32. The van der Waals surface area contributed by atoms with Crippen molar-refractivity contribution in [1.82, 2.24) is 4.98 Å². The predicted molar refractivity (Wildman–Crippen MR) is 37.6 cm³/mol. The summed E-state index contributed by atoms with van der Waals surface area (Å²) in [7, 11) is 0. The van der Waals surface area contributed by atoms with Crippen LogP contribution in [0.15, 0.2) is 12.1 Å². The van der Waals surface area contributed by atoms with E-state index >= 15 is 0 Å². The van der Waals surface area contributed by atoms with E-state index in [-0.39, 0.29) is 0 Å². The van der Waals surface area contributed by atoms with E-state index in [1.54, 1.807) is 0 Å². The number of halogens is 3. The second-order valence-corrected chi connectivity index (χ2v) is 2.29. The molecule has 1 N–H and O–H groups in total. The first-order valence-electron chi connectivity index (χ1n) is 3.24. The molecule has 0 bridgehead atoms. The van der Waals surface area contributed by atoms with Gasteiger partial charge in [0.15, 0.2) is 0 Å². The van der Waals surface area contributed by atoms with E-state index < -0.39 is 28.4 Å². The molecule has 0 saturated carbocycles. The van der Waals surface area contributed by atoms with Gasteiger partial charge >= 0.3 is 11.9 Å². The van der Waals surface area contributed by atoms with Gasteiger partial charge in [-0.25, -0.2) is 4.98 Å². The molecule has 76 valence electrons. The molecule has 0 atom stereocenters. The smallest absolute Gasteiger partial charge is 0.433 e. The molecule has 1 rings (SSSR count). The summed E-state index contributed by atoms with van der Waals surface area (Å²) in [6.07, 6.45) is -4.73. The summed E-state index contributed by atoms with van der Waals surface area (Å²) in [5, 5.41) is 18.9. The molecule has 8 heteroatoms. The van der Waals surface area contributed by atoms with Crippen LogP contribution in [0.25, 0.3) is 0 Å². The number of hydrogen-bond donors (Lipinski definition) is 1. The summed E-state index contributed by atoms with van der Waals surface area (Å²) in [5.74, 6) is -1.25. The van der Waals surface area contributed by atoms with Crippen LogP contribution >= 0.6 is 0 Å². The average Bonchev–Trinajstić information content (AvgIpc) is 2.01. The Morgan fingerprint density at radius 1 is 1.43 bits per heavy atom. The summed E-state index contributed by atoms with van der Waals surface area (Å²) in [6, 6.07) is 0.975. The zero-order valence-corrected chi connectivity index (χ0v) is 6.45. The fourth-order valence-electron chi connectivity index (χ4n) is 0.741. The molecule has 0 saturated heterocycles. The molecule has 0 aliphatic heterocycles. The fraction of sp³-hybridized carbons (Fsp3) is 0.167. The highest BCUT2D eigenvalue weighted by atomic mass is 19.4. The van der Waals surface area contributed by atoms with Crippen LogP contribution in [0.2, 0.25) is 0 Å². The van der Waals surface area contributed by atoms with Gasteiger partial charge in [0.05, 0.1) is 4.92 Å². The number of alkyl halides is 3. The van der Waals surface area contributed by atoms with Crippen molar-refractivity contribution in [3.8, 4) is 5.88 Å². The van der Waals surface area contributed by atoms with Crippen molar-refractivity contribution in [1.29, 1.82) is 0 Å². The van der Waals surface area contributed by atoms with Crippen molar-refractivity contribution in [2.24, 2.45) is 0 Å². The highest BCUT2D eigenvalue weighted by Crippen LogP contribution is 2.31. The van der Waals surface area contributed by atoms with Gasteiger partial charge in [-0.3, -0.25) is 10.1 Å². The SMILES string of the molecule is O=[N+]([O-])c1ccc(C(F)(F)F)nc1O. The van der Waals surface area contributed by atoms with Crippen molar-refractivity contribution in [2.45, 2.75) is 6.18 Å². The van der Waals surface area contributed by atoms with Gasteiger partial charge in [0.25, 0.3) is 5.88 Å². The van der Waals surface area contributed by atoms with Crippen molar-refractivity contribution in [3.63, 3.8) is 0 Å². The Balaban J connectivity index is 3.20. The van der Waals surface area contributed by atoms with Crippen LogP contribution in [0.3, 0.4) is 0 Å². The number of pyridine rings is 1. The molecule has 0 aromatic carbocycles. The minimum atomic E-state index is -4.73. The van der Waals surface area contributed by atoms with Gasteiger partial charge < -0.3 is 5.11 Å². The summed E-state index contributed by atoms with van der Waals surface area (Å²) in [6.45, 7) is 0. The Kier molecular flexibility index (Phi) is 2.28.